The van der Waals surface area contributed by atoms with Crippen LogP contribution in [0, 0.1) is 5.41 Å². The van der Waals surface area contributed by atoms with E-state index < -0.39 is 0 Å². The average Bonchev–Trinajstić information content (AvgIpc) is 3.27. The normalized spacial score (nSPS) is 15.2. The number of benzene rings is 1. The Morgan fingerprint density at radius 1 is 1.12 bits per heavy atom. The molecule has 8 heteroatoms. The lowest BCUT2D eigenvalue weighted by atomic mass is 9.84. The maximum absolute atomic E-state index is 12.8. The minimum absolute atomic E-state index is 0. The zero-order valence-corrected chi connectivity index (χ0v) is 22.8. The third-order valence-electron chi connectivity index (χ3n) is 6.22. The van der Waals surface area contributed by atoms with Crippen LogP contribution in [0.15, 0.2) is 29.3 Å². The number of hydrogen-bond acceptors (Lipinski definition) is 4. The summed E-state index contributed by atoms with van der Waals surface area (Å²) in [6.45, 7) is 9.19. The molecule has 0 radical (unpaired) electrons. The predicted molar refractivity (Wildman–Crippen MR) is 143 cm³/mol. The first-order valence-electron chi connectivity index (χ1n) is 11.5. The van der Waals surface area contributed by atoms with Crippen molar-refractivity contribution in [1.29, 1.82) is 0 Å². The molecule has 1 aliphatic carbocycles. The van der Waals surface area contributed by atoms with Crippen LogP contribution < -0.4 is 15.4 Å². The van der Waals surface area contributed by atoms with E-state index in [2.05, 4.69) is 40.4 Å². The van der Waals surface area contributed by atoms with Crippen molar-refractivity contribution in [2.45, 2.75) is 46.1 Å². The van der Waals surface area contributed by atoms with Crippen LogP contribution in [0.4, 0.5) is 0 Å². The number of hydrogen-bond donors (Lipinski definition) is 2. The Labute approximate surface area is 211 Å². The molecule has 0 saturated heterocycles. The van der Waals surface area contributed by atoms with Gasteiger partial charge in [0.25, 0.3) is 0 Å². The SMILES string of the molecule is CCN(CC)CCOc1ccccc1CNC(=NC)NCC1(C(=O)N(C)C)CCCC1.I. The number of guanidine groups is 1. The summed E-state index contributed by atoms with van der Waals surface area (Å²) < 4.78 is 6.06. The number of nitrogens with one attached hydrogen (secondary N) is 2. The van der Waals surface area contributed by atoms with Gasteiger partial charge >= 0.3 is 0 Å². The van der Waals surface area contributed by atoms with E-state index in [0.29, 0.717) is 25.7 Å². The number of amides is 1. The number of para-hydroxylation sites is 1. The highest BCUT2D eigenvalue weighted by Gasteiger charge is 2.42. The highest BCUT2D eigenvalue weighted by atomic mass is 127. The molecule has 1 amide bonds. The number of halogens is 1. The summed E-state index contributed by atoms with van der Waals surface area (Å²) in [6, 6.07) is 8.10. The molecule has 0 heterocycles. The first-order valence-corrected chi connectivity index (χ1v) is 11.5. The molecular formula is C24H42IN5O2. The van der Waals surface area contributed by atoms with E-state index in [0.717, 1.165) is 56.6 Å². The number of nitrogens with zero attached hydrogens (tertiary/aromatic N) is 3. The van der Waals surface area contributed by atoms with Gasteiger partial charge in [0.1, 0.15) is 12.4 Å². The van der Waals surface area contributed by atoms with Crippen LogP contribution in [0.3, 0.4) is 0 Å². The van der Waals surface area contributed by atoms with Crippen LogP contribution in [0.2, 0.25) is 0 Å². The second-order valence-electron chi connectivity index (χ2n) is 8.45. The number of rotatable bonds is 11. The number of carbonyl (C=O) groups excluding carboxylic acids is 1. The first kappa shape index (κ1) is 28.5. The minimum Gasteiger partial charge on any atom is -0.492 e. The van der Waals surface area contributed by atoms with Crippen molar-refractivity contribution in [3.05, 3.63) is 29.8 Å². The summed E-state index contributed by atoms with van der Waals surface area (Å²) in [7, 11) is 5.44. The predicted octanol–water partition coefficient (Wildman–Crippen LogP) is 3.34. The molecule has 0 spiro atoms. The molecule has 0 atom stereocenters. The lowest BCUT2D eigenvalue weighted by Crippen LogP contribution is -2.49. The number of ether oxygens (including phenoxy) is 1. The molecule has 1 aromatic carbocycles. The Morgan fingerprint density at radius 3 is 2.38 bits per heavy atom. The molecule has 1 aromatic rings. The van der Waals surface area contributed by atoms with E-state index in [4.69, 9.17) is 4.74 Å². The van der Waals surface area contributed by atoms with Gasteiger partial charge in [0.15, 0.2) is 5.96 Å². The van der Waals surface area contributed by atoms with Crippen LogP contribution >= 0.6 is 24.0 Å². The van der Waals surface area contributed by atoms with E-state index in [-0.39, 0.29) is 35.3 Å². The average molecular weight is 560 g/mol. The zero-order valence-electron chi connectivity index (χ0n) is 20.4. The molecule has 182 valence electrons. The molecule has 0 unspecified atom stereocenters. The maximum atomic E-state index is 12.8. The van der Waals surface area contributed by atoms with Crippen LogP contribution in [0.5, 0.6) is 5.75 Å². The fraction of sp³-hybridized carbons (Fsp3) is 0.667. The van der Waals surface area contributed by atoms with Crippen molar-refractivity contribution in [3.63, 3.8) is 0 Å². The Hall–Kier alpha value is -1.55. The van der Waals surface area contributed by atoms with E-state index >= 15 is 0 Å². The molecule has 32 heavy (non-hydrogen) atoms. The van der Waals surface area contributed by atoms with Gasteiger partial charge in [-0.2, -0.15) is 0 Å². The summed E-state index contributed by atoms with van der Waals surface area (Å²) in [4.78, 5) is 21.2. The standard InChI is InChI=1S/C24H41N5O2.HI/c1-6-29(7-2)16-17-31-21-13-9-8-12-20(21)18-26-23(25-3)27-19-24(14-10-11-15-24)22(30)28(4)5;/h8-9,12-13H,6-7,10-11,14-19H2,1-5H3,(H2,25,26,27);1H. The van der Waals surface area contributed by atoms with Gasteiger partial charge in [-0.1, -0.05) is 44.9 Å². The molecule has 1 fully saturated rings. The number of likely N-dealkylation sites (N-methyl/N-ethyl adjacent to an activating group) is 1. The molecular weight excluding hydrogens is 517 g/mol. The van der Waals surface area contributed by atoms with Crippen molar-refractivity contribution in [2.24, 2.45) is 10.4 Å². The zero-order chi connectivity index (χ0) is 22.7. The Morgan fingerprint density at radius 2 is 1.78 bits per heavy atom. The third-order valence-corrected chi connectivity index (χ3v) is 6.22. The van der Waals surface area contributed by atoms with Gasteiger partial charge in [0.2, 0.25) is 5.91 Å². The minimum atomic E-state index is -0.327. The highest BCUT2D eigenvalue weighted by molar-refractivity contribution is 14.0. The maximum Gasteiger partial charge on any atom is 0.230 e. The van der Waals surface area contributed by atoms with E-state index in [1.807, 2.05) is 32.3 Å². The van der Waals surface area contributed by atoms with Gasteiger partial charge in [-0.15, -0.1) is 24.0 Å². The summed E-state index contributed by atoms with van der Waals surface area (Å²) >= 11 is 0. The van der Waals surface area contributed by atoms with E-state index in [1.165, 1.54) is 0 Å². The lowest BCUT2D eigenvalue weighted by molar-refractivity contribution is -0.138. The van der Waals surface area contributed by atoms with Crippen LogP contribution in [0.1, 0.15) is 45.1 Å². The van der Waals surface area contributed by atoms with Crippen LogP contribution in [0.25, 0.3) is 0 Å². The van der Waals surface area contributed by atoms with Crippen molar-refractivity contribution in [2.75, 3.05) is 53.9 Å². The van der Waals surface area contributed by atoms with Gasteiger partial charge in [-0.25, -0.2) is 0 Å². The first-order chi connectivity index (χ1) is 15.0. The number of aliphatic imine (C=N–C) groups is 1. The van der Waals surface area contributed by atoms with Gasteiger partial charge in [0.05, 0.1) is 5.41 Å². The molecule has 1 saturated carbocycles. The van der Waals surface area contributed by atoms with E-state index in [1.54, 1.807) is 11.9 Å². The molecule has 7 nitrogen and oxygen atoms in total. The fourth-order valence-corrected chi connectivity index (χ4v) is 4.26. The molecule has 1 aliphatic rings. The third kappa shape index (κ3) is 8.10. The monoisotopic (exact) mass is 559 g/mol. The van der Waals surface area contributed by atoms with Crippen LogP contribution in [-0.4, -0.2) is 75.6 Å². The van der Waals surface area contributed by atoms with Gasteiger partial charge in [-0.3, -0.25) is 9.79 Å². The van der Waals surface area contributed by atoms with Gasteiger partial charge in [-0.05, 0) is 32.0 Å². The Bertz CT molecular complexity index is 716. The topological polar surface area (TPSA) is 69.2 Å². The van der Waals surface area contributed by atoms with Gasteiger partial charge in [0, 0.05) is 46.3 Å². The molecule has 0 bridgehead atoms. The summed E-state index contributed by atoms with van der Waals surface area (Å²) in [5, 5.41) is 6.78. The Kier molecular flexibility index (Phi) is 13.0. The second-order valence-corrected chi connectivity index (χ2v) is 8.45. The van der Waals surface area contributed by atoms with Gasteiger partial charge < -0.3 is 25.2 Å². The summed E-state index contributed by atoms with van der Waals surface area (Å²) in [5.74, 6) is 1.81. The highest BCUT2D eigenvalue weighted by Crippen LogP contribution is 2.38. The van der Waals surface area contributed by atoms with Crippen molar-refractivity contribution < 1.29 is 9.53 Å². The molecule has 0 aliphatic heterocycles. The lowest BCUT2D eigenvalue weighted by Gasteiger charge is -2.31. The van der Waals surface area contributed by atoms with Crippen molar-refractivity contribution >= 4 is 35.8 Å². The van der Waals surface area contributed by atoms with E-state index in [9.17, 15) is 4.79 Å². The largest absolute Gasteiger partial charge is 0.492 e. The molecule has 2 N–H and O–H groups in total. The second kappa shape index (κ2) is 14.6. The summed E-state index contributed by atoms with van der Waals surface area (Å²) in [5.41, 5.74) is 0.761. The molecule has 0 aromatic heterocycles. The molecule has 2 rings (SSSR count). The smallest absolute Gasteiger partial charge is 0.230 e. The fourth-order valence-electron chi connectivity index (χ4n) is 4.26. The van der Waals surface area contributed by atoms with Crippen molar-refractivity contribution in [3.8, 4) is 5.75 Å². The number of carbonyl (C=O) groups is 1. The summed E-state index contributed by atoms with van der Waals surface area (Å²) in [6.07, 6.45) is 4.06. The van der Waals surface area contributed by atoms with Crippen molar-refractivity contribution in [1.82, 2.24) is 20.4 Å². The Balaban J connectivity index is 0.00000512. The van der Waals surface area contributed by atoms with Crippen LogP contribution in [-0.2, 0) is 11.3 Å². The quantitative estimate of drug-likeness (QED) is 0.247.